The number of anilines is 1. The molecule has 2 aromatic heterocycles. The van der Waals surface area contributed by atoms with Crippen LogP contribution in [0.2, 0.25) is 10.0 Å². The van der Waals surface area contributed by atoms with Gasteiger partial charge in [-0.1, -0.05) is 71.4 Å². The van der Waals surface area contributed by atoms with Gasteiger partial charge in [-0.05, 0) is 17.7 Å². The van der Waals surface area contributed by atoms with Crippen LogP contribution in [-0.4, -0.2) is 21.3 Å². The smallest absolute Gasteiger partial charge is 0.282 e. The molecule has 0 fully saturated rings. The number of hydrogen-bond acceptors (Lipinski definition) is 6. The number of nitrogen functional groups attached to an aromatic ring is 1. The van der Waals surface area contributed by atoms with Crippen LogP contribution in [0.15, 0.2) is 63.9 Å². The van der Waals surface area contributed by atoms with E-state index in [9.17, 15) is 9.59 Å². The van der Waals surface area contributed by atoms with Crippen LogP contribution in [-0.2, 0) is 4.79 Å². The molecule has 6 nitrogen and oxygen atoms in total. The second-order valence-corrected chi connectivity index (χ2v) is 8.79. The van der Waals surface area contributed by atoms with Gasteiger partial charge in [0.2, 0.25) is 5.91 Å². The van der Waals surface area contributed by atoms with Crippen molar-refractivity contribution in [3.63, 3.8) is 0 Å². The predicted octanol–water partition coefficient (Wildman–Crippen LogP) is 4.88. The number of carbonyl (C=O) groups is 1. The molecule has 0 radical (unpaired) electrons. The van der Waals surface area contributed by atoms with Crippen molar-refractivity contribution in [1.29, 1.82) is 0 Å². The molecule has 2 heterocycles. The number of nitrogens with one attached hydrogen (secondary N) is 1. The highest BCUT2D eigenvalue weighted by atomic mass is 35.5. The number of hydrogen-bond donors (Lipinski definition) is 2. The third kappa shape index (κ3) is 4.04. The first kappa shape index (κ1) is 20.7. The highest BCUT2D eigenvalue weighted by Crippen LogP contribution is 2.32. The lowest BCUT2D eigenvalue weighted by molar-refractivity contribution is -0.113. The van der Waals surface area contributed by atoms with Gasteiger partial charge in [-0.3, -0.25) is 9.59 Å². The number of nitrogens with zero attached hydrogens (tertiary/aromatic N) is 2. The summed E-state index contributed by atoms with van der Waals surface area (Å²) in [5.41, 5.74) is 1.76. The van der Waals surface area contributed by atoms with E-state index in [0.29, 0.717) is 20.9 Å². The van der Waals surface area contributed by atoms with E-state index in [4.69, 9.17) is 29.0 Å². The lowest BCUT2D eigenvalue weighted by atomic mass is 10.1. The Balaban J connectivity index is 1.57. The van der Waals surface area contributed by atoms with Crippen molar-refractivity contribution in [2.75, 3.05) is 16.9 Å². The average Bonchev–Trinajstić information content (AvgIpc) is 3.17. The quantitative estimate of drug-likeness (QED) is 0.243. The molecule has 30 heavy (non-hydrogen) atoms. The molecule has 1 amide bonds. The Morgan fingerprint density at radius 2 is 1.93 bits per heavy atom. The minimum Gasteiger partial charge on any atom is -0.334 e. The first-order chi connectivity index (χ1) is 14.5. The number of thiophene rings is 1. The van der Waals surface area contributed by atoms with Gasteiger partial charge in [0, 0.05) is 10.9 Å². The summed E-state index contributed by atoms with van der Waals surface area (Å²) in [5, 5.41) is 5.90. The largest absolute Gasteiger partial charge is 0.334 e. The van der Waals surface area contributed by atoms with Gasteiger partial charge in [0.05, 0.1) is 26.9 Å². The monoisotopic (exact) mass is 476 g/mol. The number of amides is 1. The van der Waals surface area contributed by atoms with Gasteiger partial charge in [0.25, 0.3) is 5.56 Å². The number of benzene rings is 2. The van der Waals surface area contributed by atoms with E-state index in [0.717, 1.165) is 27.6 Å². The molecule has 0 unspecified atom stereocenters. The second-order valence-electron chi connectivity index (χ2n) is 6.20. The van der Waals surface area contributed by atoms with Crippen LogP contribution < -0.4 is 16.7 Å². The maximum atomic E-state index is 12.9. The lowest BCUT2D eigenvalue weighted by Gasteiger charge is -2.09. The summed E-state index contributed by atoms with van der Waals surface area (Å²) in [6.45, 7) is 0. The fraction of sp³-hybridized carbons (Fsp3) is 0.0500. The van der Waals surface area contributed by atoms with Crippen molar-refractivity contribution >= 4 is 68.1 Å². The van der Waals surface area contributed by atoms with Crippen molar-refractivity contribution in [1.82, 2.24) is 9.66 Å². The zero-order valence-electron chi connectivity index (χ0n) is 15.3. The Morgan fingerprint density at radius 3 is 2.70 bits per heavy atom. The molecular formula is C20H14Cl2N4O2S2. The van der Waals surface area contributed by atoms with Gasteiger partial charge in [-0.25, -0.2) is 9.66 Å². The Bertz CT molecular complexity index is 1310. The number of fused-ring (bicyclic) bond motifs is 1. The van der Waals surface area contributed by atoms with Crippen molar-refractivity contribution in [3.8, 4) is 11.1 Å². The van der Waals surface area contributed by atoms with E-state index in [-0.39, 0.29) is 27.4 Å². The summed E-state index contributed by atoms with van der Waals surface area (Å²) in [7, 11) is 0. The lowest BCUT2D eigenvalue weighted by Crippen LogP contribution is -2.30. The minimum atomic E-state index is -0.360. The zero-order chi connectivity index (χ0) is 21.3. The molecule has 4 rings (SSSR count). The molecule has 0 aliphatic rings. The molecule has 0 saturated carbocycles. The Kier molecular flexibility index (Phi) is 6.01. The van der Waals surface area contributed by atoms with Crippen LogP contribution in [0.4, 0.5) is 5.69 Å². The van der Waals surface area contributed by atoms with E-state index < -0.39 is 0 Å². The number of nitrogens with two attached hydrogens (primary N) is 1. The molecule has 2 aromatic carbocycles. The van der Waals surface area contributed by atoms with Crippen molar-refractivity contribution in [3.05, 3.63) is 74.3 Å². The molecule has 0 bridgehead atoms. The van der Waals surface area contributed by atoms with Crippen LogP contribution in [0.3, 0.4) is 0 Å². The van der Waals surface area contributed by atoms with Gasteiger partial charge in [-0.15, -0.1) is 11.3 Å². The van der Waals surface area contributed by atoms with Gasteiger partial charge in [0.15, 0.2) is 5.16 Å². The molecule has 4 aromatic rings. The summed E-state index contributed by atoms with van der Waals surface area (Å²) < 4.78 is 0.978. The molecule has 0 spiro atoms. The van der Waals surface area contributed by atoms with Crippen molar-refractivity contribution in [2.45, 2.75) is 5.16 Å². The maximum absolute atomic E-state index is 12.9. The van der Waals surface area contributed by atoms with E-state index in [1.807, 2.05) is 35.7 Å². The van der Waals surface area contributed by atoms with E-state index in [1.54, 1.807) is 18.2 Å². The SMILES string of the molecule is Nn1c(SCC(=O)Nc2cccc(Cl)c2Cl)nc2scc(-c3ccccc3)c2c1=O. The van der Waals surface area contributed by atoms with Crippen LogP contribution in [0.5, 0.6) is 0 Å². The molecule has 0 saturated heterocycles. The number of carbonyl (C=O) groups excluding carboxylic acids is 1. The van der Waals surface area contributed by atoms with E-state index >= 15 is 0 Å². The fourth-order valence-corrected chi connectivity index (χ4v) is 4.89. The van der Waals surface area contributed by atoms with Crippen molar-refractivity contribution < 1.29 is 4.79 Å². The summed E-state index contributed by atoms with van der Waals surface area (Å²) >= 11 is 14.5. The highest BCUT2D eigenvalue weighted by Gasteiger charge is 2.17. The summed E-state index contributed by atoms with van der Waals surface area (Å²) in [5.74, 6) is 5.66. The van der Waals surface area contributed by atoms with Crippen LogP contribution >= 0.6 is 46.3 Å². The zero-order valence-corrected chi connectivity index (χ0v) is 18.4. The van der Waals surface area contributed by atoms with Crippen LogP contribution in [0.25, 0.3) is 21.3 Å². The number of halogens is 2. The predicted molar refractivity (Wildman–Crippen MR) is 125 cm³/mol. The first-order valence-corrected chi connectivity index (χ1v) is 11.3. The molecule has 0 aliphatic heterocycles. The summed E-state index contributed by atoms with van der Waals surface area (Å²) in [6, 6.07) is 14.5. The fourth-order valence-electron chi connectivity index (χ4n) is 2.83. The average molecular weight is 477 g/mol. The Labute approximate surface area is 189 Å². The topological polar surface area (TPSA) is 90.0 Å². The molecule has 10 heteroatoms. The standard InChI is InChI=1S/C20H14Cl2N4O2S2/c21-13-7-4-8-14(17(13)22)24-15(27)10-30-20-25-18-16(19(28)26(20)23)12(9-29-18)11-5-2-1-3-6-11/h1-9H,10,23H2,(H,24,27). The van der Waals surface area contributed by atoms with Gasteiger partial charge in [0.1, 0.15) is 4.83 Å². The minimum absolute atomic E-state index is 0.00505. The number of rotatable bonds is 5. The van der Waals surface area contributed by atoms with Crippen LogP contribution in [0, 0.1) is 0 Å². The van der Waals surface area contributed by atoms with Gasteiger partial charge in [-0.2, -0.15) is 0 Å². The third-order valence-electron chi connectivity index (χ3n) is 4.25. The molecule has 152 valence electrons. The number of aromatic nitrogens is 2. The molecule has 0 aliphatic carbocycles. The van der Waals surface area contributed by atoms with Crippen LogP contribution in [0.1, 0.15) is 0 Å². The van der Waals surface area contributed by atoms with Crippen molar-refractivity contribution in [2.24, 2.45) is 0 Å². The first-order valence-electron chi connectivity index (χ1n) is 8.67. The highest BCUT2D eigenvalue weighted by molar-refractivity contribution is 7.99. The second kappa shape index (κ2) is 8.69. The molecule has 0 atom stereocenters. The summed E-state index contributed by atoms with van der Waals surface area (Å²) in [6.07, 6.45) is 0. The number of thioether (sulfide) groups is 1. The normalized spacial score (nSPS) is 11.0. The van der Waals surface area contributed by atoms with Gasteiger partial charge < -0.3 is 11.2 Å². The maximum Gasteiger partial charge on any atom is 0.282 e. The summed E-state index contributed by atoms with van der Waals surface area (Å²) in [4.78, 5) is 30.2. The Morgan fingerprint density at radius 1 is 1.17 bits per heavy atom. The Hall–Kier alpha value is -2.52. The van der Waals surface area contributed by atoms with Gasteiger partial charge >= 0.3 is 0 Å². The van der Waals surface area contributed by atoms with E-state index in [1.165, 1.54) is 11.3 Å². The molecule has 3 N–H and O–H groups in total. The molecular weight excluding hydrogens is 463 g/mol. The third-order valence-corrected chi connectivity index (χ3v) is 6.89. The van der Waals surface area contributed by atoms with E-state index in [2.05, 4.69) is 10.3 Å².